The topological polar surface area (TPSA) is 102 Å². The summed E-state index contributed by atoms with van der Waals surface area (Å²) in [6.07, 6.45) is 3.79. The Morgan fingerprint density at radius 1 is 1.30 bits per heavy atom. The van der Waals surface area contributed by atoms with Gasteiger partial charge in [-0.25, -0.2) is 13.1 Å². The Balaban J connectivity index is 2.20. The van der Waals surface area contributed by atoms with Gasteiger partial charge in [0.15, 0.2) is 0 Å². The Morgan fingerprint density at radius 2 is 2.04 bits per heavy atom. The second kappa shape index (κ2) is 6.84. The number of nitro groups is 1. The third kappa shape index (κ3) is 4.11. The predicted molar refractivity (Wildman–Crippen MR) is 85.7 cm³/mol. The first-order chi connectivity index (χ1) is 10.8. The molecule has 0 atom stereocenters. The van der Waals surface area contributed by atoms with Crippen molar-refractivity contribution in [2.45, 2.75) is 25.2 Å². The molecule has 0 aliphatic carbocycles. The van der Waals surface area contributed by atoms with Crippen molar-refractivity contribution >= 4 is 15.7 Å². The zero-order valence-electron chi connectivity index (χ0n) is 12.8. The lowest BCUT2D eigenvalue weighted by molar-refractivity contribution is -0.385. The average molecular weight is 335 g/mol. The third-order valence-electron chi connectivity index (χ3n) is 3.53. The summed E-state index contributed by atoms with van der Waals surface area (Å²) >= 11 is 0. The predicted octanol–water partition coefficient (Wildman–Crippen LogP) is 2.13. The van der Waals surface area contributed by atoms with Crippen LogP contribution in [0.15, 0.2) is 41.6 Å². The molecule has 0 bridgehead atoms. The number of benzene rings is 1. The van der Waals surface area contributed by atoms with E-state index in [0.717, 1.165) is 11.6 Å². The average Bonchev–Trinajstić information content (AvgIpc) is 2.50. The lowest BCUT2D eigenvalue weighted by Crippen LogP contribution is -2.27. The van der Waals surface area contributed by atoms with Gasteiger partial charge in [-0.3, -0.25) is 15.1 Å². The number of aryl methyl sites for hydroxylation is 1. The van der Waals surface area contributed by atoms with Crippen LogP contribution >= 0.6 is 0 Å². The van der Waals surface area contributed by atoms with Crippen LogP contribution in [-0.4, -0.2) is 24.9 Å². The molecule has 1 aromatic heterocycles. The maximum atomic E-state index is 12.4. The van der Waals surface area contributed by atoms with Gasteiger partial charge in [-0.05, 0) is 43.0 Å². The summed E-state index contributed by atoms with van der Waals surface area (Å²) in [7, 11) is -3.81. The molecule has 1 aromatic carbocycles. The highest BCUT2D eigenvalue weighted by Crippen LogP contribution is 2.25. The maximum absolute atomic E-state index is 12.4. The summed E-state index contributed by atoms with van der Waals surface area (Å²) in [4.78, 5) is 14.2. The molecular weight excluding hydrogens is 318 g/mol. The molecule has 7 nitrogen and oxygen atoms in total. The van der Waals surface area contributed by atoms with Crippen LogP contribution < -0.4 is 4.72 Å². The van der Waals surface area contributed by atoms with Crippen LogP contribution in [0.5, 0.6) is 0 Å². The molecule has 0 aliphatic heterocycles. The molecule has 2 aromatic rings. The highest BCUT2D eigenvalue weighted by atomic mass is 32.2. The summed E-state index contributed by atoms with van der Waals surface area (Å²) in [5, 5.41) is 10.9. The lowest BCUT2D eigenvalue weighted by Gasteiger charge is -2.11. The molecule has 2 rings (SSSR count). The number of hydrogen-bond donors (Lipinski definition) is 1. The molecule has 0 spiro atoms. The molecule has 8 heteroatoms. The van der Waals surface area contributed by atoms with Gasteiger partial charge >= 0.3 is 0 Å². The van der Waals surface area contributed by atoms with Crippen LogP contribution in [0.4, 0.5) is 5.69 Å². The van der Waals surface area contributed by atoms with E-state index in [1.807, 2.05) is 6.07 Å². The molecular formula is C15H17N3O4S. The summed E-state index contributed by atoms with van der Waals surface area (Å²) in [5.41, 5.74) is 1.74. The van der Waals surface area contributed by atoms with Crippen LogP contribution in [-0.2, 0) is 16.4 Å². The van der Waals surface area contributed by atoms with E-state index in [-0.39, 0.29) is 17.1 Å². The molecule has 0 aliphatic rings. The smallest absolute Gasteiger partial charge is 0.264 e. The zero-order chi connectivity index (χ0) is 17.0. The fourth-order valence-electron chi connectivity index (χ4n) is 2.15. The first-order valence-corrected chi connectivity index (χ1v) is 8.44. The summed E-state index contributed by atoms with van der Waals surface area (Å²) in [6, 6.07) is 6.08. The molecule has 1 N–H and O–H groups in total. The first kappa shape index (κ1) is 17.0. The van der Waals surface area contributed by atoms with Gasteiger partial charge in [0.05, 0.1) is 9.82 Å². The Kier molecular flexibility index (Phi) is 5.07. The number of sulfonamides is 1. The monoisotopic (exact) mass is 335 g/mol. The minimum absolute atomic E-state index is 0.0598. The third-order valence-corrected chi connectivity index (χ3v) is 5.12. The van der Waals surface area contributed by atoms with E-state index in [0.29, 0.717) is 17.5 Å². The molecule has 0 fully saturated rings. The number of rotatable bonds is 6. The summed E-state index contributed by atoms with van der Waals surface area (Å²) in [5.74, 6) is 0. The summed E-state index contributed by atoms with van der Waals surface area (Å²) in [6.45, 7) is 3.47. The minimum Gasteiger partial charge on any atom is -0.264 e. The van der Waals surface area contributed by atoms with Gasteiger partial charge in [0.2, 0.25) is 10.0 Å². The number of aromatic nitrogens is 1. The molecule has 0 radical (unpaired) electrons. The van der Waals surface area contributed by atoms with E-state index in [2.05, 4.69) is 9.71 Å². The number of nitrogens with one attached hydrogen (secondary N) is 1. The standard InChI is InChI=1S/C15H17N3O4S/c1-11-8-14(18(19)20)9-15(12(11)2)23(21,22)17-7-5-13-4-3-6-16-10-13/h3-4,6,8-10,17H,5,7H2,1-2H3. The van der Waals surface area contributed by atoms with Gasteiger partial charge in [0.1, 0.15) is 0 Å². The quantitative estimate of drug-likeness (QED) is 0.643. The number of hydrogen-bond acceptors (Lipinski definition) is 5. The number of pyridine rings is 1. The molecule has 1 heterocycles. The van der Waals surface area contributed by atoms with Crippen LogP contribution in [0.2, 0.25) is 0 Å². The van der Waals surface area contributed by atoms with Gasteiger partial charge in [-0.15, -0.1) is 0 Å². The Morgan fingerprint density at radius 3 is 2.65 bits per heavy atom. The van der Waals surface area contributed by atoms with E-state index >= 15 is 0 Å². The Labute approximate surface area is 134 Å². The number of nitrogens with zero attached hydrogens (tertiary/aromatic N) is 2. The van der Waals surface area contributed by atoms with Crippen LogP contribution in [0.3, 0.4) is 0 Å². The normalized spacial score (nSPS) is 11.4. The SMILES string of the molecule is Cc1cc([N+](=O)[O-])cc(S(=O)(=O)NCCc2cccnc2)c1C. The molecule has 0 saturated carbocycles. The molecule has 0 unspecified atom stereocenters. The van der Waals surface area contributed by atoms with Gasteiger partial charge in [0.25, 0.3) is 5.69 Å². The largest absolute Gasteiger partial charge is 0.271 e. The van der Waals surface area contributed by atoms with Crippen molar-refractivity contribution in [1.29, 1.82) is 0 Å². The van der Waals surface area contributed by atoms with Crippen LogP contribution in [0.1, 0.15) is 16.7 Å². The zero-order valence-corrected chi connectivity index (χ0v) is 13.6. The maximum Gasteiger partial charge on any atom is 0.271 e. The molecule has 23 heavy (non-hydrogen) atoms. The lowest BCUT2D eigenvalue weighted by atomic mass is 10.1. The van der Waals surface area contributed by atoms with E-state index < -0.39 is 14.9 Å². The Hall–Kier alpha value is -2.32. The molecule has 122 valence electrons. The second-order valence-corrected chi connectivity index (χ2v) is 6.89. The van der Waals surface area contributed by atoms with Gasteiger partial charge in [0, 0.05) is 31.1 Å². The number of nitro benzene ring substituents is 1. The van der Waals surface area contributed by atoms with Crippen molar-refractivity contribution in [3.05, 3.63) is 63.5 Å². The van der Waals surface area contributed by atoms with Crippen molar-refractivity contribution in [3.63, 3.8) is 0 Å². The molecule has 0 amide bonds. The van der Waals surface area contributed by atoms with E-state index in [1.54, 1.807) is 32.3 Å². The van der Waals surface area contributed by atoms with Crippen molar-refractivity contribution in [2.75, 3.05) is 6.54 Å². The van der Waals surface area contributed by atoms with Crippen molar-refractivity contribution in [3.8, 4) is 0 Å². The van der Waals surface area contributed by atoms with Crippen LogP contribution in [0.25, 0.3) is 0 Å². The number of non-ortho nitro benzene ring substituents is 1. The van der Waals surface area contributed by atoms with Gasteiger partial charge in [-0.2, -0.15) is 0 Å². The van der Waals surface area contributed by atoms with E-state index in [9.17, 15) is 18.5 Å². The van der Waals surface area contributed by atoms with Crippen molar-refractivity contribution in [2.24, 2.45) is 0 Å². The van der Waals surface area contributed by atoms with E-state index in [4.69, 9.17) is 0 Å². The first-order valence-electron chi connectivity index (χ1n) is 6.95. The van der Waals surface area contributed by atoms with E-state index in [1.165, 1.54) is 6.07 Å². The minimum atomic E-state index is -3.81. The van der Waals surface area contributed by atoms with Crippen molar-refractivity contribution in [1.82, 2.24) is 9.71 Å². The van der Waals surface area contributed by atoms with Gasteiger partial charge < -0.3 is 0 Å². The summed E-state index contributed by atoms with van der Waals surface area (Å²) < 4.78 is 27.3. The van der Waals surface area contributed by atoms with Crippen LogP contribution in [0, 0.1) is 24.0 Å². The highest BCUT2D eigenvalue weighted by Gasteiger charge is 2.21. The van der Waals surface area contributed by atoms with Gasteiger partial charge in [-0.1, -0.05) is 6.07 Å². The van der Waals surface area contributed by atoms with Crippen molar-refractivity contribution < 1.29 is 13.3 Å². The Bertz CT molecular complexity index is 820. The molecule has 0 saturated heterocycles. The highest BCUT2D eigenvalue weighted by molar-refractivity contribution is 7.89. The fraction of sp³-hybridized carbons (Fsp3) is 0.267. The fourth-order valence-corrected chi connectivity index (χ4v) is 3.51. The second-order valence-electron chi connectivity index (χ2n) is 5.15.